The van der Waals surface area contributed by atoms with Gasteiger partial charge in [0.2, 0.25) is 11.8 Å². The molecule has 22 heteroatoms. The van der Waals surface area contributed by atoms with Crippen LogP contribution in [-0.2, 0) is 23.9 Å². The van der Waals surface area contributed by atoms with E-state index in [1.807, 2.05) is 69.4 Å². The number of pyridine rings is 2. The number of nitrogens with zero attached hydrogens (tertiary/aromatic N) is 13. The van der Waals surface area contributed by atoms with Gasteiger partial charge in [0, 0.05) is 111 Å². The summed E-state index contributed by atoms with van der Waals surface area (Å²) in [4.78, 5) is 90.6. The molecule has 0 unspecified atom stereocenters. The van der Waals surface area contributed by atoms with Crippen molar-refractivity contribution in [1.29, 1.82) is 0 Å². The number of rotatable bonds is 10. The Hall–Kier alpha value is -8.43. The fraction of sp³-hybridized carbons (Fsp3) is 0.392. The van der Waals surface area contributed by atoms with Crippen molar-refractivity contribution in [1.82, 2.24) is 49.8 Å². The second-order valence-electron chi connectivity index (χ2n) is 19.9. The Morgan fingerprint density at radius 3 is 1.58 bits per heavy atom. The van der Waals surface area contributed by atoms with Gasteiger partial charge in [-0.2, -0.15) is 19.2 Å². The van der Waals surface area contributed by atoms with Crippen LogP contribution in [-0.4, -0.2) is 139 Å². The molecule has 376 valence electrons. The van der Waals surface area contributed by atoms with Gasteiger partial charge in [-0.05, 0) is 82.9 Å². The second-order valence-corrected chi connectivity index (χ2v) is 19.9. The molecular weight excluding hydrogens is 933 g/mol. The third-order valence-corrected chi connectivity index (χ3v) is 13.2. The highest BCUT2D eigenvalue weighted by atomic mass is 16.6. The fourth-order valence-electron chi connectivity index (χ4n) is 9.26. The van der Waals surface area contributed by atoms with Crippen LogP contribution in [0.15, 0.2) is 84.5 Å². The lowest BCUT2D eigenvalue weighted by Crippen LogP contribution is -2.47. The van der Waals surface area contributed by atoms with E-state index in [0.717, 1.165) is 93.8 Å². The zero-order valence-electron chi connectivity index (χ0n) is 40.9. The van der Waals surface area contributed by atoms with Crippen molar-refractivity contribution in [2.24, 2.45) is 0 Å². The van der Waals surface area contributed by atoms with Gasteiger partial charge in [-0.1, -0.05) is 12.1 Å². The van der Waals surface area contributed by atoms with Gasteiger partial charge in [0.25, 0.3) is 11.8 Å². The Kier molecular flexibility index (Phi) is 12.4. The van der Waals surface area contributed by atoms with E-state index in [2.05, 4.69) is 61.8 Å². The van der Waals surface area contributed by atoms with E-state index >= 15 is 0 Å². The van der Waals surface area contributed by atoms with Gasteiger partial charge in [0.1, 0.15) is 40.5 Å². The first-order valence-electron chi connectivity index (χ1n) is 24.8. The maximum Gasteiger partial charge on any atom is 0.416 e. The molecule has 4 aliphatic heterocycles. The molecule has 10 heterocycles. The molecule has 12 rings (SSSR count). The molecule has 0 aromatic carbocycles. The summed E-state index contributed by atoms with van der Waals surface area (Å²) in [6, 6.07) is 16.3. The van der Waals surface area contributed by atoms with Crippen LogP contribution in [0.2, 0.25) is 0 Å². The minimum Gasteiger partial charge on any atom is -0.443 e. The highest BCUT2D eigenvalue weighted by molar-refractivity contribution is 6.16. The fourth-order valence-corrected chi connectivity index (χ4v) is 9.26. The number of hydrogen-bond acceptors (Lipinski definition) is 17. The number of aromatic nitrogens is 8. The number of piperazine rings is 2. The topological polar surface area (TPSA) is 233 Å². The summed E-state index contributed by atoms with van der Waals surface area (Å²) in [5, 5.41) is 17.3. The lowest BCUT2D eigenvalue weighted by atomic mass is 10.1. The zero-order valence-corrected chi connectivity index (χ0v) is 40.9. The van der Waals surface area contributed by atoms with Gasteiger partial charge in [-0.15, -0.1) is 0 Å². The largest absolute Gasteiger partial charge is 0.443 e. The maximum absolute atomic E-state index is 13.4. The summed E-state index contributed by atoms with van der Waals surface area (Å²) in [6.07, 6.45) is 13.9. The van der Waals surface area contributed by atoms with E-state index in [0.29, 0.717) is 58.8 Å². The number of fused-ring (bicyclic) bond motifs is 2. The number of nitrogens with one attached hydrogen (secondary N) is 3. The van der Waals surface area contributed by atoms with Crippen molar-refractivity contribution in [3.8, 4) is 0 Å². The van der Waals surface area contributed by atoms with Crippen LogP contribution in [0.3, 0.4) is 0 Å². The minimum absolute atomic E-state index is 0.00135. The van der Waals surface area contributed by atoms with E-state index in [-0.39, 0.29) is 36.6 Å². The molecule has 6 aliphatic rings. The van der Waals surface area contributed by atoms with Crippen molar-refractivity contribution in [2.45, 2.75) is 77.0 Å². The van der Waals surface area contributed by atoms with E-state index in [9.17, 15) is 24.0 Å². The summed E-state index contributed by atoms with van der Waals surface area (Å²) >= 11 is 0. The van der Waals surface area contributed by atoms with Crippen LogP contribution >= 0.6 is 0 Å². The molecule has 73 heavy (non-hydrogen) atoms. The first-order chi connectivity index (χ1) is 35.3. The van der Waals surface area contributed by atoms with Crippen LogP contribution in [0.5, 0.6) is 0 Å². The van der Waals surface area contributed by atoms with Gasteiger partial charge in [-0.3, -0.25) is 34.7 Å². The SMILES string of the molecule is CC(C)(C)OC(=O)N(c1cc(N2CCN(c3ccccn3)CC2)nc2c(/C=C3\CC(=O)NC3=O)cnn12)C1CC1.O=C1C/C(=C\c2cnn3c(NC4CC4)cc(N4CCN(c5ccccn5)CC4)nc23)C(=O)N1. The van der Waals surface area contributed by atoms with Crippen molar-refractivity contribution < 1.29 is 28.7 Å². The number of anilines is 6. The van der Waals surface area contributed by atoms with Crippen molar-refractivity contribution in [3.05, 3.63) is 95.6 Å². The molecule has 0 radical (unpaired) electrons. The number of hydrogen-bond donors (Lipinski definition) is 3. The van der Waals surface area contributed by atoms with E-state index in [1.54, 1.807) is 44.7 Å². The van der Waals surface area contributed by atoms with Gasteiger partial charge >= 0.3 is 6.09 Å². The summed E-state index contributed by atoms with van der Waals surface area (Å²) in [5.41, 5.74) is 2.60. The molecule has 22 nitrogen and oxygen atoms in total. The number of amides is 5. The molecular formula is C51H56N16O6. The van der Waals surface area contributed by atoms with E-state index in [4.69, 9.17) is 14.7 Å². The first kappa shape index (κ1) is 46.9. The normalized spacial score (nSPS) is 19.4. The highest BCUT2D eigenvalue weighted by Gasteiger charge is 2.39. The van der Waals surface area contributed by atoms with E-state index < -0.39 is 17.6 Å². The Labute approximate surface area is 420 Å². The lowest BCUT2D eigenvalue weighted by Gasteiger charge is -2.36. The molecule has 5 amide bonds. The molecule has 4 saturated heterocycles. The quantitative estimate of drug-likeness (QED) is 0.129. The third kappa shape index (κ3) is 10.4. The summed E-state index contributed by atoms with van der Waals surface area (Å²) < 4.78 is 9.20. The molecule has 2 saturated carbocycles. The van der Waals surface area contributed by atoms with Crippen LogP contribution < -0.4 is 40.4 Å². The van der Waals surface area contributed by atoms with Crippen LogP contribution in [0.25, 0.3) is 23.4 Å². The zero-order chi connectivity index (χ0) is 50.4. The minimum atomic E-state index is -0.664. The number of ether oxygens (including phenoxy) is 1. The molecule has 6 fully saturated rings. The number of carbonyl (C=O) groups is 5. The van der Waals surface area contributed by atoms with E-state index in [1.165, 1.54) is 0 Å². The second kappa shape index (κ2) is 19.3. The molecule has 0 atom stereocenters. The molecule has 3 N–H and O–H groups in total. The van der Waals surface area contributed by atoms with Gasteiger partial charge < -0.3 is 29.7 Å². The van der Waals surface area contributed by atoms with Gasteiger partial charge in [0.05, 0.1) is 25.2 Å². The van der Waals surface area contributed by atoms with Crippen molar-refractivity contribution in [2.75, 3.05) is 82.2 Å². The number of imide groups is 2. The monoisotopic (exact) mass is 988 g/mol. The molecule has 2 aliphatic carbocycles. The Balaban J connectivity index is 0.000000160. The summed E-state index contributed by atoms with van der Waals surface area (Å²) in [5.74, 6) is 3.56. The maximum atomic E-state index is 13.4. The lowest BCUT2D eigenvalue weighted by molar-refractivity contribution is -0.125. The summed E-state index contributed by atoms with van der Waals surface area (Å²) in [7, 11) is 0. The molecule has 0 spiro atoms. The van der Waals surface area contributed by atoms with Crippen LogP contribution in [0.1, 0.15) is 70.4 Å². The average molecular weight is 989 g/mol. The Morgan fingerprint density at radius 2 is 1.14 bits per heavy atom. The van der Waals surface area contributed by atoms with Crippen LogP contribution in [0.4, 0.5) is 39.7 Å². The predicted molar refractivity (Wildman–Crippen MR) is 273 cm³/mol. The standard InChI is InChI=1S/C28H32N8O4.C23H24N8O2/c1-28(2,3)40-27(39)35(20-7-8-20)24-16-22(34-12-10-33(11-13-34)21-6-4-5-9-29-21)31-25-19(17-30-36(24)25)14-18-15-23(37)32-26(18)38;32-21-12-15(23(33)28-21)11-16-14-25-31-20(26-17-4-5-17)13-19(27-22(16)31)30-9-7-29(8-10-30)18-3-1-2-6-24-18/h4-6,9,14,16-17,20H,7-8,10-13,15H2,1-3H3,(H,32,37,38);1-3,6,11,13-14,17,26H,4-5,7-10,12H2,(H,28,32,33)/b18-14+;15-11+. The van der Waals surface area contributed by atoms with Crippen molar-refractivity contribution >= 4 is 88.1 Å². The third-order valence-electron chi connectivity index (χ3n) is 13.2. The highest BCUT2D eigenvalue weighted by Crippen LogP contribution is 2.36. The van der Waals surface area contributed by atoms with Gasteiger partial charge in [-0.25, -0.2) is 24.7 Å². The summed E-state index contributed by atoms with van der Waals surface area (Å²) in [6.45, 7) is 11.8. The van der Waals surface area contributed by atoms with Gasteiger partial charge in [0.15, 0.2) is 11.3 Å². The van der Waals surface area contributed by atoms with Crippen molar-refractivity contribution in [3.63, 3.8) is 0 Å². The Bertz CT molecular complexity index is 3180. The molecule has 6 aromatic heterocycles. The molecule has 6 aromatic rings. The Morgan fingerprint density at radius 1 is 0.658 bits per heavy atom. The molecule has 0 bridgehead atoms. The van der Waals surface area contributed by atoms with Crippen LogP contribution in [0, 0.1) is 0 Å². The predicted octanol–water partition coefficient (Wildman–Crippen LogP) is 4.24. The smallest absolute Gasteiger partial charge is 0.416 e. The average Bonchev–Trinajstić information content (AvgIpc) is 4.25. The first-order valence-corrected chi connectivity index (χ1v) is 24.8. The number of carbonyl (C=O) groups excluding carboxylic acids is 5.